The van der Waals surface area contributed by atoms with Gasteiger partial charge in [-0.2, -0.15) is 0 Å². The van der Waals surface area contributed by atoms with Crippen molar-refractivity contribution in [1.82, 2.24) is 15.2 Å². The molecule has 0 amide bonds. The van der Waals surface area contributed by atoms with Crippen molar-refractivity contribution in [2.45, 2.75) is 38.8 Å². The maximum atomic E-state index is 7.62. The lowest BCUT2D eigenvalue weighted by atomic mass is 10.0. The zero-order valence-electron chi connectivity index (χ0n) is 13.8. The van der Waals surface area contributed by atoms with E-state index in [-0.39, 0.29) is 0 Å². The number of nitrogens with two attached hydrogens (primary N) is 1. The van der Waals surface area contributed by atoms with Crippen molar-refractivity contribution in [3.05, 3.63) is 29.7 Å². The highest BCUT2D eigenvalue weighted by atomic mass is 15.2. The van der Waals surface area contributed by atoms with E-state index in [1.54, 1.807) is 12.3 Å². The first-order valence-corrected chi connectivity index (χ1v) is 8.02. The molecule has 1 fully saturated rings. The van der Waals surface area contributed by atoms with Crippen molar-refractivity contribution in [2.75, 3.05) is 18.8 Å². The van der Waals surface area contributed by atoms with Gasteiger partial charge in [-0.3, -0.25) is 4.98 Å². The third-order valence-corrected chi connectivity index (χ3v) is 4.31. The predicted molar refractivity (Wildman–Crippen MR) is 96.2 cm³/mol. The SMILES string of the molecule is CC(C)N1CCC(N/C=C(\C=N)c2cnc(C=N)c(N)c2)CC1. The second-order valence-electron chi connectivity index (χ2n) is 6.16. The molecule has 0 spiro atoms. The van der Waals surface area contributed by atoms with Crippen LogP contribution >= 0.6 is 0 Å². The van der Waals surface area contributed by atoms with E-state index in [1.165, 1.54) is 6.21 Å². The maximum absolute atomic E-state index is 7.62. The molecular formula is C17H26N6. The van der Waals surface area contributed by atoms with E-state index in [0.29, 0.717) is 23.5 Å². The average Bonchev–Trinajstić information content (AvgIpc) is 2.56. The summed E-state index contributed by atoms with van der Waals surface area (Å²) in [6, 6.07) is 2.80. The van der Waals surface area contributed by atoms with Crippen molar-refractivity contribution >= 4 is 23.7 Å². The molecule has 1 aliphatic heterocycles. The van der Waals surface area contributed by atoms with Gasteiger partial charge in [0.15, 0.2) is 0 Å². The fourth-order valence-electron chi connectivity index (χ4n) is 2.77. The van der Waals surface area contributed by atoms with Gasteiger partial charge < -0.3 is 26.8 Å². The second kappa shape index (κ2) is 7.87. The highest BCUT2D eigenvalue weighted by molar-refractivity contribution is 6.08. The van der Waals surface area contributed by atoms with Crippen LogP contribution < -0.4 is 11.1 Å². The van der Waals surface area contributed by atoms with Crippen LogP contribution in [0.2, 0.25) is 0 Å². The van der Waals surface area contributed by atoms with Gasteiger partial charge in [0, 0.05) is 61.1 Å². The number of aromatic nitrogens is 1. The molecule has 0 aromatic carbocycles. The van der Waals surface area contributed by atoms with E-state index >= 15 is 0 Å². The Labute approximate surface area is 137 Å². The molecule has 0 unspecified atom stereocenters. The molecule has 0 atom stereocenters. The van der Waals surface area contributed by atoms with Crippen LogP contribution in [0.3, 0.4) is 0 Å². The monoisotopic (exact) mass is 314 g/mol. The first-order valence-electron chi connectivity index (χ1n) is 8.02. The van der Waals surface area contributed by atoms with Gasteiger partial charge >= 0.3 is 0 Å². The Hall–Kier alpha value is -2.21. The third-order valence-electron chi connectivity index (χ3n) is 4.31. The summed E-state index contributed by atoms with van der Waals surface area (Å²) in [7, 11) is 0. The summed E-state index contributed by atoms with van der Waals surface area (Å²) in [5.74, 6) is 0. The molecule has 0 bridgehead atoms. The fraction of sp³-hybridized carbons (Fsp3) is 0.471. The molecule has 6 heteroatoms. The number of nitrogens with zero attached hydrogens (tertiary/aromatic N) is 2. The van der Waals surface area contributed by atoms with Crippen LogP contribution in [0.4, 0.5) is 5.69 Å². The number of likely N-dealkylation sites (tertiary alicyclic amines) is 1. The first-order chi connectivity index (χ1) is 11.0. The smallest absolute Gasteiger partial charge is 0.103 e. The minimum absolute atomic E-state index is 0.436. The average molecular weight is 314 g/mol. The van der Waals surface area contributed by atoms with E-state index in [2.05, 4.69) is 29.0 Å². The number of nitrogen functional groups attached to an aromatic ring is 1. The first kappa shape index (κ1) is 17.1. The molecule has 1 aliphatic rings. The van der Waals surface area contributed by atoms with E-state index < -0.39 is 0 Å². The lowest BCUT2D eigenvalue weighted by Gasteiger charge is -2.34. The molecular weight excluding hydrogens is 288 g/mol. The second-order valence-corrected chi connectivity index (χ2v) is 6.16. The summed E-state index contributed by atoms with van der Waals surface area (Å²) < 4.78 is 0. The Morgan fingerprint density at radius 2 is 2.09 bits per heavy atom. The Kier molecular flexibility index (Phi) is 5.87. The molecule has 23 heavy (non-hydrogen) atoms. The van der Waals surface area contributed by atoms with Crippen LogP contribution in [-0.4, -0.2) is 47.5 Å². The van der Waals surface area contributed by atoms with Gasteiger partial charge in [0.25, 0.3) is 0 Å². The molecule has 1 aromatic heterocycles. The van der Waals surface area contributed by atoms with Crippen LogP contribution in [-0.2, 0) is 0 Å². The largest absolute Gasteiger partial charge is 0.397 e. The van der Waals surface area contributed by atoms with Crippen LogP contribution in [0.15, 0.2) is 18.5 Å². The van der Waals surface area contributed by atoms with Gasteiger partial charge in [0.2, 0.25) is 0 Å². The molecule has 2 heterocycles. The number of nitrogens with one attached hydrogen (secondary N) is 3. The fourth-order valence-corrected chi connectivity index (χ4v) is 2.77. The van der Waals surface area contributed by atoms with E-state index in [1.807, 2.05) is 6.20 Å². The Balaban J connectivity index is 2.01. The highest BCUT2D eigenvalue weighted by Crippen LogP contribution is 2.17. The Morgan fingerprint density at radius 3 is 2.61 bits per heavy atom. The highest BCUT2D eigenvalue weighted by Gasteiger charge is 2.19. The summed E-state index contributed by atoms with van der Waals surface area (Å²) in [6.07, 6.45) is 8.17. The lowest BCUT2D eigenvalue weighted by Crippen LogP contribution is -2.43. The van der Waals surface area contributed by atoms with Gasteiger partial charge in [-0.1, -0.05) is 0 Å². The molecule has 124 valence electrons. The molecule has 1 aromatic rings. The number of hydrogen-bond acceptors (Lipinski definition) is 6. The van der Waals surface area contributed by atoms with Crippen molar-refractivity contribution in [3.8, 4) is 0 Å². The number of piperidine rings is 1. The lowest BCUT2D eigenvalue weighted by molar-refractivity contribution is 0.166. The Bertz CT molecular complexity index is 585. The Morgan fingerprint density at radius 1 is 1.39 bits per heavy atom. The molecule has 0 aliphatic carbocycles. The van der Waals surface area contributed by atoms with Gasteiger partial charge in [0.05, 0.1) is 5.69 Å². The van der Waals surface area contributed by atoms with E-state index in [4.69, 9.17) is 16.6 Å². The van der Waals surface area contributed by atoms with Crippen molar-refractivity contribution in [3.63, 3.8) is 0 Å². The van der Waals surface area contributed by atoms with Crippen molar-refractivity contribution in [2.24, 2.45) is 0 Å². The van der Waals surface area contributed by atoms with Crippen LogP contribution in [0.1, 0.15) is 37.9 Å². The number of rotatable bonds is 6. The molecule has 0 radical (unpaired) electrons. The van der Waals surface area contributed by atoms with Crippen molar-refractivity contribution in [1.29, 1.82) is 10.8 Å². The standard InChI is InChI=1S/C17H26N6/c1-12(2)23-5-3-15(4-6-23)21-11-14(8-18)13-7-16(20)17(9-19)22-10-13/h7-12,15,18-19,21H,3-6,20H2,1-2H3/b14-11+,18-8?,19-9?. The van der Waals surface area contributed by atoms with Gasteiger partial charge in [-0.15, -0.1) is 0 Å². The molecule has 1 saturated heterocycles. The summed E-state index contributed by atoms with van der Waals surface area (Å²) in [5, 5.41) is 18.3. The van der Waals surface area contributed by atoms with E-state index in [9.17, 15) is 0 Å². The van der Waals surface area contributed by atoms with Crippen LogP contribution in [0.5, 0.6) is 0 Å². The normalized spacial score (nSPS) is 17.3. The van der Waals surface area contributed by atoms with Crippen LogP contribution in [0.25, 0.3) is 5.57 Å². The minimum Gasteiger partial charge on any atom is -0.397 e. The van der Waals surface area contributed by atoms with Crippen LogP contribution in [0, 0.1) is 10.8 Å². The van der Waals surface area contributed by atoms with Gasteiger partial charge in [-0.25, -0.2) is 0 Å². The molecule has 5 N–H and O–H groups in total. The third kappa shape index (κ3) is 4.39. The quantitative estimate of drug-likeness (QED) is 0.604. The zero-order chi connectivity index (χ0) is 16.8. The summed E-state index contributed by atoms with van der Waals surface area (Å²) >= 11 is 0. The zero-order valence-corrected chi connectivity index (χ0v) is 13.8. The van der Waals surface area contributed by atoms with Gasteiger partial charge in [0.1, 0.15) is 5.69 Å². The minimum atomic E-state index is 0.436. The van der Waals surface area contributed by atoms with Crippen molar-refractivity contribution < 1.29 is 0 Å². The summed E-state index contributed by atoms with van der Waals surface area (Å²) in [5.41, 5.74) is 8.30. The number of pyridine rings is 1. The summed E-state index contributed by atoms with van der Waals surface area (Å²) in [4.78, 5) is 6.63. The summed E-state index contributed by atoms with van der Waals surface area (Å²) in [6.45, 7) is 6.67. The molecule has 2 rings (SSSR count). The molecule has 6 nitrogen and oxygen atoms in total. The topological polar surface area (TPSA) is 102 Å². The van der Waals surface area contributed by atoms with Gasteiger partial charge in [-0.05, 0) is 32.8 Å². The molecule has 0 saturated carbocycles. The predicted octanol–water partition coefficient (Wildman–Crippen LogP) is 2.11. The maximum Gasteiger partial charge on any atom is 0.103 e. The number of anilines is 1. The number of hydrogen-bond donors (Lipinski definition) is 4. The van der Waals surface area contributed by atoms with E-state index in [0.717, 1.165) is 43.3 Å². The number of allylic oxidation sites excluding steroid dienone is 1.